The highest BCUT2D eigenvalue weighted by Gasteiger charge is 2.33. The normalized spacial score (nSPS) is 16.0. The first-order valence-electron chi connectivity index (χ1n) is 12.9. The zero-order valence-electron chi connectivity index (χ0n) is 23.0. The van der Waals surface area contributed by atoms with Crippen LogP contribution in [0.5, 0.6) is 5.75 Å². The molecule has 1 aliphatic carbocycles. The molecule has 2 aromatic heterocycles. The van der Waals surface area contributed by atoms with E-state index in [-0.39, 0.29) is 18.6 Å². The number of aliphatic carboxylic acids is 2. The largest absolute Gasteiger partial charge is 0.478 e. The summed E-state index contributed by atoms with van der Waals surface area (Å²) in [5.74, 6) is -2.27. The van der Waals surface area contributed by atoms with Gasteiger partial charge >= 0.3 is 25.4 Å². The van der Waals surface area contributed by atoms with E-state index in [1.807, 2.05) is 13.0 Å². The molecule has 0 spiro atoms. The lowest BCUT2D eigenvalue weighted by atomic mass is 9.96. The van der Waals surface area contributed by atoms with E-state index in [1.165, 1.54) is 6.33 Å². The van der Waals surface area contributed by atoms with E-state index in [2.05, 4.69) is 20.0 Å². The van der Waals surface area contributed by atoms with Gasteiger partial charge in [0.15, 0.2) is 11.5 Å². The number of para-hydroxylation sites is 1. The minimum absolute atomic E-state index is 0.0645. The Morgan fingerprint density at radius 3 is 2.38 bits per heavy atom. The third kappa shape index (κ3) is 9.94. The first-order valence-corrected chi connectivity index (χ1v) is 14.8. The number of benzene rings is 1. The van der Waals surface area contributed by atoms with Crippen molar-refractivity contribution in [3.8, 4) is 5.75 Å². The van der Waals surface area contributed by atoms with Gasteiger partial charge in [0.25, 0.3) is 0 Å². The van der Waals surface area contributed by atoms with Crippen molar-refractivity contribution in [3.05, 3.63) is 55.1 Å². The summed E-state index contributed by atoms with van der Waals surface area (Å²) in [7, 11) is -3.63. The Morgan fingerprint density at radius 2 is 1.79 bits per heavy atom. The molecule has 16 heteroatoms. The van der Waals surface area contributed by atoms with Crippen molar-refractivity contribution in [1.29, 1.82) is 0 Å². The van der Waals surface area contributed by atoms with Gasteiger partial charge in [-0.2, -0.15) is 0 Å². The Bertz CT molecular complexity index is 1430. The summed E-state index contributed by atoms with van der Waals surface area (Å²) in [5, 5.41) is 18.4. The molecule has 0 amide bonds. The fraction of sp³-hybridized carbons (Fsp3) is 0.385. The summed E-state index contributed by atoms with van der Waals surface area (Å²) in [5.41, 5.74) is 6.93. The number of hydrogen-bond donors (Lipinski definition) is 4. The van der Waals surface area contributed by atoms with Crippen LogP contribution in [0.4, 0.5) is 5.82 Å². The Morgan fingerprint density at radius 1 is 1.12 bits per heavy atom. The molecule has 1 fully saturated rings. The molecule has 1 aliphatic rings. The number of nitrogens with two attached hydrogens (primary N) is 1. The maximum absolute atomic E-state index is 13.7. The number of aromatic nitrogens is 4. The van der Waals surface area contributed by atoms with Crippen LogP contribution in [0.2, 0.25) is 0 Å². The molecule has 3 aromatic rings. The third-order valence-corrected chi connectivity index (χ3v) is 7.63. The van der Waals surface area contributed by atoms with Crippen LogP contribution in [0.25, 0.3) is 11.2 Å². The number of nitrogen functional groups attached to an aromatic ring is 1. The SMILES string of the molecule is C[C@H](Cn1cnc2c(N)ncnc21)OCP(=O)(N[C@@H](C)C(=O)OC1CCC1)Oc1ccccc1.O=C(O)/C=C/C(=O)O. The molecule has 4 rings (SSSR count). The van der Waals surface area contributed by atoms with E-state index >= 15 is 0 Å². The predicted molar refractivity (Wildman–Crippen MR) is 151 cm³/mol. The van der Waals surface area contributed by atoms with E-state index in [4.69, 9.17) is 29.9 Å². The second-order valence-corrected chi connectivity index (χ2v) is 11.4. The molecular formula is C26H33N6O9P. The number of carboxylic acid groups (broad SMARTS) is 2. The molecule has 2 heterocycles. The highest BCUT2D eigenvalue weighted by atomic mass is 31.2. The number of nitrogens with zero attached hydrogens (tertiary/aromatic N) is 4. The number of nitrogens with one attached hydrogen (secondary N) is 1. The number of ether oxygens (including phenoxy) is 2. The summed E-state index contributed by atoms with van der Waals surface area (Å²) >= 11 is 0. The number of fused-ring (bicyclic) bond motifs is 1. The summed E-state index contributed by atoms with van der Waals surface area (Å²) in [4.78, 5) is 44.0. The average Bonchev–Trinajstić information content (AvgIpc) is 3.33. The highest BCUT2D eigenvalue weighted by molar-refractivity contribution is 7.57. The van der Waals surface area contributed by atoms with Crippen molar-refractivity contribution < 1.29 is 43.2 Å². The van der Waals surface area contributed by atoms with Crippen LogP contribution >= 0.6 is 7.52 Å². The molecular weight excluding hydrogens is 571 g/mol. The lowest BCUT2D eigenvalue weighted by Crippen LogP contribution is -2.39. The maximum atomic E-state index is 13.7. The van der Waals surface area contributed by atoms with Crippen LogP contribution < -0.4 is 15.3 Å². The Balaban J connectivity index is 0.000000531. The molecule has 0 radical (unpaired) electrons. The van der Waals surface area contributed by atoms with E-state index in [0.717, 1.165) is 19.3 Å². The second-order valence-electron chi connectivity index (χ2n) is 9.36. The van der Waals surface area contributed by atoms with Crippen LogP contribution in [-0.2, 0) is 35.0 Å². The van der Waals surface area contributed by atoms with Crippen molar-refractivity contribution in [3.63, 3.8) is 0 Å². The smallest absolute Gasteiger partial charge is 0.342 e. The minimum atomic E-state index is -3.63. The predicted octanol–water partition coefficient (Wildman–Crippen LogP) is 2.83. The number of carbonyl (C=O) groups is 3. The zero-order valence-corrected chi connectivity index (χ0v) is 23.9. The number of hydrogen-bond acceptors (Lipinski definition) is 11. The molecule has 3 atom stereocenters. The van der Waals surface area contributed by atoms with Crippen LogP contribution in [0.3, 0.4) is 0 Å². The summed E-state index contributed by atoms with van der Waals surface area (Å²) in [6.07, 6.45) is 6.16. The zero-order chi connectivity index (χ0) is 30.7. The number of carbonyl (C=O) groups excluding carboxylic acids is 1. The van der Waals surface area contributed by atoms with Crippen molar-refractivity contribution in [2.75, 3.05) is 12.1 Å². The van der Waals surface area contributed by atoms with Gasteiger partial charge in [-0.3, -0.25) is 9.36 Å². The molecule has 226 valence electrons. The molecule has 42 heavy (non-hydrogen) atoms. The highest BCUT2D eigenvalue weighted by Crippen LogP contribution is 2.44. The minimum Gasteiger partial charge on any atom is -0.478 e. The number of carboxylic acids is 2. The van der Waals surface area contributed by atoms with E-state index in [1.54, 1.807) is 42.1 Å². The molecule has 0 aliphatic heterocycles. The standard InChI is InChI=1S/C22H29N6O5P.C4H4O4/c1-15(11-28-13-26-19-20(23)24-12-25-21(19)28)31-14-34(30,33-18-7-4-3-5-8-18)27-16(2)22(29)32-17-9-6-10-17;5-3(6)1-2-4(7)8/h3-5,7-8,12-13,15-17H,6,9-11,14H2,1-2H3,(H,27,30)(H2,23,24,25);1-2H,(H,5,6)(H,7,8)/b;2-1+/t15-,16+,34?;/m1./s1. The molecule has 5 N–H and O–H groups in total. The van der Waals surface area contributed by atoms with Crippen LogP contribution in [0.1, 0.15) is 33.1 Å². The van der Waals surface area contributed by atoms with E-state index in [9.17, 15) is 18.9 Å². The van der Waals surface area contributed by atoms with Gasteiger partial charge in [-0.25, -0.2) is 29.6 Å². The third-order valence-electron chi connectivity index (χ3n) is 5.86. The van der Waals surface area contributed by atoms with Crippen molar-refractivity contribution in [1.82, 2.24) is 24.6 Å². The van der Waals surface area contributed by atoms with Gasteiger partial charge in [-0.1, -0.05) is 18.2 Å². The van der Waals surface area contributed by atoms with Crippen molar-refractivity contribution >= 4 is 42.4 Å². The maximum Gasteiger partial charge on any atom is 0.342 e. The van der Waals surface area contributed by atoms with Gasteiger partial charge in [0, 0.05) is 12.2 Å². The van der Waals surface area contributed by atoms with Crippen LogP contribution in [0, 0.1) is 0 Å². The number of anilines is 1. The van der Waals surface area contributed by atoms with Gasteiger partial charge in [0.05, 0.1) is 19.0 Å². The summed E-state index contributed by atoms with van der Waals surface area (Å²) in [6.45, 7) is 3.82. The summed E-state index contributed by atoms with van der Waals surface area (Å²) < 4.78 is 32.6. The van der Waals surface area contributed by atoms with Crippen LogP contribution in [0.15, 0.2) is 55.1 Å². The lowest BCUT2D eigenvalue weighted by molar-refractivity contribution is -0.154. The molecule has 1 unspecified atom stereocenters. The topological polar surface area (TPSA) is 218 Å². The fourth-order valence-corrected chi connectivity index (χ4v) is 5.36. The van der Waals surface area contributed by atoms with Gasteiger partial charge in [0.2, 0.25) is 0 Å². The van der Waals surface area contributed by atoms with Crippen molar-refractivity contribution in [2.24, 2.45) is 0 Å². The van der Waals surface area contributed by atoms with Gasteiger partial charge in [-0.05, 0) is 45.2 Å². The van der Waals surface area contributed by atoms with Crippen LogP contribution in [-0.4, -0.2) is 72.2 Å². The molecule has 1 saturated carbocycles. The van der Waals surface area contributed by atoms with Gasteiger partial charge < -0.3 is 34.5 Å². The first kappa shape index (κ1) is 32.2. The molecule has 0 saturated heterocycles. The van der Waals surface area contributed by atoms with Crippen molar-refractivity contribution in [2.45, 2.75) is 57.9 Å². The summed E-state index contributed by atoms with van der Waals surface area (Å²) in [6, 6.07) is 7.93. The molecule has 1 aromatic carbocycles. The Labute approximate surface area is 241 Å². The van der Waals surface area contributed by atoms with Gasteiger partial charge in [0.1, 0.15) is 36.1 Å². The van der Waals surface area contributed by atoms with E-state index < -0.39 is 31.5 Å². The average molecular weight is 605 g/mol. The first-order chi connectivity index (χ1) is 20.0. The van der Waals surface area contributed by atoms with Gasteiger partial charge in [-0.15, -0.1) is 0 Å². The molecule has 15 nitrogen and oxygen atoms in total. The number of esters is 1. The second kappa shape index (κ2) is 15.1. The van der Waals surface area contributed by atoms with E-state index in [0.29, 0.717) is 41.4 Å². The Kier molecular flexibility index (Phi) is 11.5. The Hall–Kier alpha value is -4.33. The monoisotopic (exact) mass is 604 g/mol. The fourth-order valence-electron chi connectivity index (χ4n) is 3.57. The molecule has 0 bridgehead atoms. The quantitative estimate of drug-likeness (QED) is 0.125. The number of imidazole rings is 1. The lowest BCUT2D eigenvalue weighted by Gasteiger charge is -2.28. The number of rotatable bonds is 13.